The van der Waals surface area contributed by atoms with Gasteiger partial charge in [-0.15, -0.1) is 0 Å². The molecule has 1 aliphatic carbocycles. The van der Waals surface area contributed by atoms with Gasteiger partial charge in [-0.2, -0.15) is 0 Å². The minimum Gasteiger partial charge on any atom is -0.398 e. The fourth-order valence-electron chi connectivity index (χ4n) is 4.43. The van der Waals surface area contributed by atoms with E-state index >= 15 is 0 Å². The van der Waals surface area contributed by atoms with Crippen molar-refractivity contribution in [1.29, 1.82) is 0 Å². The van der Waals surface area contributed by atoms with Gasteiger partial charge >= 0.3 is 0 Å². The third-order valence-electron chi connectivity index (χ3n) is 6.40. The number of carbonyl (C=O) groups excluding carboxylic acids is 4. The Morgan fingerprint density at radius 1 is 0.676 bits per heavy atom. The smallest absolute Gasteiger partial charge is 0.257 e. The minimum atomic E-state index is -0.493. The van der Waals surface area contributed by atoms with Crippen molar-refractivity contribution in [3.8, 4) is 0 Å². The highest BCUT2D eigenvalue weighted by molar-refractivity contribution is 6.33. The Morgan fingerprint density at radius 2 is 1.22 bits per heavy atom. The molecule has 7 nitrogen and oxygen atoms in total. The number of benzene rings is 4. The second kappa shape index (κ2) is 9.54. The van der Waals surface area contributed by atoms with E-state index < -0.39 is 17.5 Å². The molecule has 0 radical (unpaired) electrons. The molecule has 0 fully saturated rings. The number of fused-ring (bicyclic) bond motifs is 2. The molecule has 182 valence electrons. The molecule has 0 atom stereocenters. The van der Waals surface area contributed by atoms with Crippen LogP contribution in [0.2, 0.25) is 0 Å². The lowest BCUT2D eigenvalue weighted by molar-refractivity contribution is 0.0977. The Hall–Kier alpha value is -5.04. The van der Waals surface area contributed by atoms with E-state index in [1.54, 1.807) is 60.7 Å². The Labute approximate surface area is 213 Å². The van der Waals surface area contributed by atoms with E-state index in [0.29, 0.717) is 11.3 Å². The summed E-state index contributed by atoms with van der Waals surface area (Å²) in [4.78, 5) is 53.0. The number of amides is 2. The summed E-state index contributed by atoms with van der Waals surface area (Å²) in [6.07, 6.45) is 0.852. The lowest BCUT2D eigenvalue weighted by Gasteiger charge is -2.22. The zero-order valence-electron chi connectivity index (χ0n) is 20.0. The van der Waals surface area contributed by atoms with Gasteiger partial charge < -0.3 is 16.4 Å². The third kappa shape index (κ3) is 4.27. The second-order valence-electron chi connectivity index (χ2n) is 8.66. The number of aryl methyl sites for hydroxylation is 1. The molecule has 4 aromatic rings. The number of hydrogen-bond donors (Lipinski definition) is 3. The van der Waals surface area contributed by atoms with Crippen molar-refractivity contribution in [2.45, 2.75) is 13.3 Å². The Bertz CT molecular complexity index is 1590. The molecule has 5 rings (SSSR count). The number of carbonyl (C=O) groups is 4. The van der Waals surface area contributed by atoms with E-state index in [1.165, 1.54) is 12.1 Å². The predicted molar refractivity (Wildman–Crippen MR) is 142 cm³/mol. The van der Waals surface area contributed by atoms with Crippen LogP contribution < -0.4 is 16.4 Å². The number of para-hydroxylation sites is 1. The van der Waals surface area contributed by atoms with Crippen LogP contribution in [0.25, 0.3) is 0 Å². The number of rotatable bonds is 5. The number of nitrogens with two attached hydrogens (primary N) is 1. The van der Waals surface area contributed by atoms with E-state index in [0.717, 1.165) is 12.0 Å². The van der Waals surface area contributed by atoms with E-state index in [-0.39, 0.29) is 45.1 Å². The van der Waals surface area contributed by atoms with Crippen molar-refractivity contribution in [2.75, 3.05) is 16.4 Å². The van der Waals surface area contributed by atoms with Crippen molar-refractivity contribution in [2.24, 2.45) is 0 Å². The number of nitrogen functional groups attached to an aromatic ring is 1. The van der Waals surface area contributed by atoms with Gasteiger partial charge in [-0.1, -0.05) is 55.5 Å². The number of hydrogen-bond acceptors (Lipinski definition) is 5. The first kappa shape index (κ1) is 23.7. The van der Waals surface area contributed by atoms with Gasteiger partial charge in [0.15, 0.2) is 11.6 Å². The Kier molecular flexibility index (Phi) is 6.11. The van der Waals surface area contributed by atoms with Crippen molar-refractivity contribution >= 4 is 40.4 Å². The van der Waals surface area contributed by atoms with E-state index in [1.807, 2.05) is 19.1 Å². The van der Waals surface area contributed by atoms with Gasteiger partial charge in [-0.3, -0.25) is 19.2 Å². The van der Waals surface area contributed by atoms with Gasteiger partial charge in [-0.05, 0) is 48.4 Å². The highest BCUT2D eigenvalue weighted by atomic mass is 16.2. The summed E-state index contributed by atoms with van der Waals surface area (Å²) in [7, 11) is 0. The van der Waals surface area contributed by atoms with Crippen LogP contribution in [-0.4, -0.2) is 23.4 Å². The summed E-state index contributed by atoms with van der Waals surface area (Å²) >= 11 is 0. The molecule has 4 aromatic carbocycles. The molecule has 0 unspecified atom stereocenters. The second-order valence-corrected chi connectivity index (χ2v) is 8.66. The first-order valence-corrected chi connectivity index (χ1v) is 11.8. The van der Waals surface area contributed by atoms with Gasteiger partial charge in [0.2, 0.25) is 0 Å². The van der Waals surface area contributed by atoms with Crippen LogP contribution in [0.1, 0.15) is 65.0 Å². The highest BCUT2D eigenvalue weighted by Crippen LogP contribution is 2.35. The zero-order valence-corrected chi connectivity index (χ0v) is 20.0. The number of nitrogens with one attached hydrogen (secondary N) is 2. The van der Waals surface area contributed by atoms with E-state index in [2.05, 4.69) is 10.6 Å². The van der Waals surface area contributed by atoms with E-state index in [9.17, 15) is 19.2 Å². The minimum absolute atomic E-state index is 0.0986. The maximum atomic E-state index is 13.6. The average molecular weight is 490 g/mol. The topological polar surface area (TPSA) is 118 Å². The van der Waals surface area contributed by atoms with Crippen LogP contribution in [0, 0.1) is 0 Å². The summed E-state index contributed by atoms with van der Waals surface area (Å²) in [5.41, 5.74) is 8.98. The molecule has 1 aliphatic rings. The molecule has 0 saturated carbocycles. The molecular weight excluding hydrogens is 466 g/mol. The maximum absolute atomic E-state index is 13.6. The quantitative estimate of drug-likeness (QED) is 0.297. The van der Waals surface area contributed by atoms with Crippen LogP contribution in [0.5, 0.6) is 0 Å². The molecule has 7 heteroatoms. The first-order chi connectivity index (χ1) is 17.9. The van der Waals surface area contributed by atoms with Crippen LogP contribution >= 0.6 is 0 Å². The van der Waals surface area contributed by atoms with E-state index in [4.69, 9.17) is 5.73 Å². The molecule has 0 aromatic heterocycles. The van der Waals surface area contributed by atoms with Gasteiger partial charge in [0.05, 0.1) is 28.1 Å². The van der Waals surface area contributed by atoms with Crippen LogP contribution in [0.15, 0.2) is 84.9 Å². The molecule has 0 bridgehead atoms. The molecule has 0 spiro atoms. The fraction of sp³-hybridized carbons (Fsp3) is 0.0667. The largest absolute Gasteiger partial charge is 0.398 e. The normalized spacial score (nSPS) is 11.9. The predicted octanol–water partition coefficient (Wildman–Crippen LogP) is 5.11. The van der Waals surface area contributed by atoms with Gasteiger partial charge in [-0.25, -0.2) is 0 Å². The summed E-state index contributed by atoms with van der Waals surface area (Å²) in [5.74, 6) is -1.72. The van der Waals surface area contributed by atoms with Crippen LogP contribution in [0.3, 0.4) is 0 Å². The van der Waals surface area contributed by atoms with Crippen molar-refractivity contribution in [1.82, 2.24) is 0 Å². The van der Waals surface area contributed by atoms with Crippen molar-refractivity contribution in [3.63, 3.8) is 0 Å². The summed E-state index contributed by atoms with van der Waals surface area (Å²) in [6, 6.07) is 23.2. The number of anilines is 3. The highest BCUT2D eigenvalue weighted by Gasteiger charge is 2.34. The molecule has 2 amide bonds. The molecule has 0 heterocycles. The Morgan fingerprint density at radius 3 is 1.76 bits per heavy atom. The molecule has 4 N–H and O–H groups in total. The first-order valence-electron chi connectivity index (χ1n) is 11.8. The average Bonchev–Trinajstić information content (AvgIpc) is 2.91. The lowest BCUT2D eigenvalue weighted by Crippen LogP contribution is -2.26. The number of ketones is 2. The van der Waals surface area contributed by atoms with Crippen LogP contribution in [-0.2, 0) is 6.42 Å². The van der Waals surface area contributed by atoms with Gasteiger partial charge in [0.1, 0.15) is 0 Å². The SMILES string of the molecule is CCc1ccc(C(=O)Nc2cccc3c2C(=O)c2cccc(NC(=O)c4ccccc4N)c2C3=O)cc1. The maximum Gasteiger partial charge on any atom is 0.257 e. The van der Waals surface area contributed by atoms with Gasteiger partial charge in [0.25, 0.3) is 11.8 Å². The van der Waals surface area contributed by atoms with Crippen molar-refractivity contribution in [3.05, 3.63) is 124 Å². The van der Waals surface area contributed by atoms with Crippen molar-refractivity contribution < 1.29 is 19.2 Å². The molecule has 0 saturated heterocycles. The van der Waals surface area contributed by atoms with Crippen LogP contribution in [0.4, 0.5) is 17.1 Å². The third-order valence-corrected chi connectivity index (χ3v) is 6.40. The zero-order chi connectivity index (χ0) is 26.1. The summed E-state index contributed by atoms with van der Waals surface area (Å²) < 4.78 is 0. The fourth-order valence-corrected chi connectivity index (χ4v) is 4.43. The Balaban J connectivity index is 1.49. The molecule has 0 aliphatic heterocycles. The molecule has 37 heavy (non-hydrogen) atoms. The van der Waals surface area contributed by atoms with Gasteiger partial charge in [0, 0.05) is 22.4 Å². The standard InChI is InChI=1S/C30H23N3O4/c1-2-17-13-15-18(16-14-17)29(36)32-23-11-5-8-20-25(23)27(34)21-9-6-12-24(26(21)28(20)35)33-30(37)19-7-3-4-10-22(19)31/h3-16H,2,31H2,1H3,(H,32,36)(H,33,37). The lowest BCUT2D eigenvalue weighted by atomic mass is 9.82. The summed E-state index contributed by atoms with van der Waals surface area (Å²) in [6.45, 7) is 2.03. The molecular formula is C30H23N3O4. The monoisotopic (exact) mass is 489 g/mol. The summed E-state index contributed by atoms with van der Waals surface area (Å²) in [5, 5.41) is 5.51.